The molecule has 2 N–H and O–H groups in total. The number of aromatic nitrogens is 4. The van der Waals surface area contributed by atoms with Gasteiger partial charge in [-0.25, -0.2) is 4.68 Å². The van der Waals surface area contributed by atoms with Crippen molar-refractivity contribution in [1.29, 1.82) is 0 Å². The molecule has 1 amide bonds. The van der Waals surface area contributed by atoms with Gasteiger partial charge in [-0.2, -0.15) is 0 Å². The highest BCUT2D eigenvalue weighted by molar-refractivity contribution is 6.02. The second-order valence-corrected chi connectivity index (χ2v) is 3.39. The number of aliphatic carboxylic acids is 1. The minimum absolute atomic E-state index is 0.0418. The van der Waals surface area contributed by atoms with Crippen LogP contribution in [0.1, 0.15) is 10.5 Å². The van der Waals surface area contributed by atoms with Crippen LogP contribution in [0.15, 0.2) is 30.7 Å². The quantitative estimate of drug-likeness (QED) is 0.787. The molecule has 2 aromatic heterocycles. The first-order valence-corrected chi connectivity index (χ1v) is 4.98. The van der Waals surface area contributed by atoms with Crippen LogP contribution >= 0.6 is 0 Å². The van der Waals surface area contributed by atoms with E-state index in [1.807, 2.05) is 0 Å². The Bertz CT molecular complexity index is 566. The van der Waals surface area contributed by atoms with Crippen LogP contribution in [-0.2, 0) is 11.3 Å². The van der Waals surface area contributed by atoms with Crippen molar-refractivity contribution in [2.75, 3.05) is 5.32 Å². The third-order valence-corrected chi connectivity index (χ3v) is 1.99. The van der Waals surface area contributed by atoms with Crippen LogP contribution in [0, 0.1) is 0 Å². The molecular weight excluding hydrogens is 238 g/mol. The fourth-order valence-corrected chi connectivity index (χ4v) is 1.25. The monoisotopic (exact) mass is 247 g/mol. The van der Waals surface area contributed by atoms with E-state index >= 15 is 0 Å². The lowest BCUT2D eigenvalue weighted by molar-refractivity contribution is -0.137. The number of nitrogens with zero attached hydrogens (tertiary/aromatic N) is 4. The maximum absolute atomic E-state index is 11.7. The van der Waals surface area contributed by atoms with Gasteiger partial charge in [-0.3, -0.25) is 14.6 Å². The summed E-state index contributed by atoms with van der Waals surface area (Å²) in [4.78, 5) is 26.0. The Hall–Kier alpha value is -2.77. The van der Waals surface area contributed by atoms with E-state index in [0.29, 0.717) is 5.69 Å². The van der Waals surface area contributed by atoms with Crippen LogP contribution in [0.5, 0.6) is 0 Å². The summed E-state index contributed by atoms with van der Waals surface area (Å²) < 4.78 is 1.07. The lowest BCUT2D eigenvalue weighted by atomic mass is 10.4. The Labute approximate surface area is 101 Å². The van der Waals surface area contributed by atoms with Crippen molar-refractivity contribution in [2.24, 2.45) is 0 Å². The Kier molecular flexibility index (Phi) is 3.28. The highest BCUT2D eigenvalue weighted by Gasteiger charge is 2.12. The maximum atomic E-state index is 11.7. The Morgan fingerprint density at radius 3 is 2.94 bits per heavy atom. The van der Waals surface area contributed by atoms with Gasteiger partial charge in [0.05, 0.1) is 18.1 Å². The summed E-state index contributed by atoms with van der Waals surface area (Å²) in [6.45, 7) is -0.340. The molecular formula is C10H9N5O3. The molecule has 8 heteroatoms. The molecule has 0 saturated carbocycles. The summed E-state index contributed by atoms with van der Waals surface area (Å²) in [5, 5.41) is 18.2. The van der Waals surface area contributed by atoms with Gasteiger partial charge in [-0.05, 0) is 12.1 Å². The molecule has 0 saturated heterocycles. The van der Waals surface area contributed by atoms with E-state index in [-0.39, 0.29) is 12.2 Å². The molecule has 0 fully saturated rings. The van der Waals surface area contributed by atoms with Crippen molar-refractivity contribution in [3.63, 3.8) is 0 Å². The van der Waals surface area contributed by atoms with Crippen LogP contribution in [-0.4, -0.2) is 37.0 Å². The van der Waals surface area contributed by atoms with Crippen molar-refractivity contribution < 1.29 is 14.7 Å². The summed E-state index contributed by atoms with van der Waals surface area (Å²) >= 11 is 0. The van der Waals surface area contributed by atoms with Crippen LogP contribution in [0.4, 0.5) is 5.69 Å². The minimum Gasteiger partial charge on any atom is -0.480 e. The van der Waals surface area contributed by atoms with E-state index in [9.17, 15) is 9.59 Å². The largest absolute Gasteiger partial charge is 0.480 e. The van der Waals surface area contributed by atoms with Crippen LogP contribution in [0.25, 0.3) is 0 Å². The fraction of sp³-hybridized carbons (Fsp3) is 0.100. The topological polar surface area (TPSA) is 110 Å². The Balaban J connectivity index is 2.05. The molecule has 2 rings (SSSR count). The number of hydrogen-bond acceptors (Lipinski definition) is 5. The molecule has 0 aliphatic carbocycles. The predicted octanol–water partition coefficient (Wildman–Crippen LogP) is 0.0100. The molecule has 92 valence electrons. The summed E-state index contributed by atoms with van der Waals surface area (Å²) in [6.07, 6.45) is 4.33. The van der Waals surface area contributed by atoms with Gasteiger partial charge in [0.25, 0.3) is 5.91 Å². The number of rotatable bonds is 4. The van der Waals surface area contributed by atoms with E-state index in [1.165, 1.54) is 12.4 Å². The van der Waals surface area contributed by atoms with Gasteiger partial charge < -0.3 is 10.4 Å². The number of carboxylic acid groups (broad SMARTS) is 1. The Morgan fingerprint density at radius 2 is 2.28 bits per heavy atom. The summed E-state index contributed by atoms with van der Waals surface area (Å²) in [5.74, 6) is -1.53. The average molecular weight is 247 g/mol. The zero-order valence-electron chi connectivity index (χ0n) is 9.15. The first kappa shape index (κ1) is 11.7. The number of hydrogen-bond donors (Lipinski definition) is 2. The van der Waals surface area contributed by atoms with Gasteiger partial charge in [0.2, 0.25) is 0 Å². The van der Waals surface area contributed by atoms with Crippen LogP contribution in [0.3, 0.4) is 0 Å². The number of pyridine rings is 1. The summed E-state index contributed by atoms with van der Waals surface area (Å²) in [6, 6.07) is 3.35. The first-order valence-electron chi connectivity index (χ1n) is 4.98. The third-order valence-electron chi connectivity index (χ3n) is 1.99. The molecule has 0 aliphatic rings. The summed E-state index contributed by atoms with van der Waals surface area (Å²) in [7, 11) is 0. The zero-order chi connectivity index (χ0) is 13.0. The second-order valence-electron chi connectivity index (χ2n) is 3.39. The Morgan fingerprint density at radius 1 is 1.44 bits per heavy atom. The number of carbonyl (C=O) groups excluding carboxylic acids is 1. The lowest BCUT2D eigenvalue weighted by Gasteiger charge is -2.00. The van der Waals surface area contributed by atoms with Crippen molar-refractivity contribution in [2.45, 2.75) is 6.54 Å². The predicted molar refractivity (Wildman–Crippen MR) is 59.8 cm³/mol. The number of carbonyl (C=O) groups is 2. The fourth-order valence-electron chi connectivity index (χ4n) is 1.25. The average Bonchev–Trinajstić information content (AvgIpc) is 2.78. The SMILES string of the molecule is O=C(O)Cn1cc(C(=O)Nc2cccnc2)nn1. The van der Waals surface area contributed by atoms with E-state index in [2.05, 4.69) is 20.6 Å². The van der Waals surface area contributed by atoms with Crippen molar-refractivity contribution >= 4 is 17.6 Å². The molecule has 2 aromatic rings. The number of carboxylic acids is 1. The van der Waals surface area contributed by atoms with E-state index < -0.39 is 11.9 Å². The van der Waals surface area contributed by atoms with Crippen molar-refractivity contribution in [3.8, 4) is 0 Å². The van der Waals surface area contributed by atoms with Gasteiger partial charge in [0.15, 0.2) is 5.69 Å². The van der Waals surface area contributed by atoms with Crippen LogP contribution in [0.2, 0.25) is 0 Å². The molecule has 18 heavy (non-hydrogen) atoms. The zero-order valence-corrected chi connectivity index (χ0v) is 9.15. The smallest absolute Gasteiger partial charge is 0.325 e. The van der Waals surface area contributed by atoms with E-state index in [1.54, 1.807) is 18.3 Å². The highest BCUT2D eigenvalue weighted by atomic mass is 16.4. The van der Waals surface area contributed by atoms with Gasteiger partial charge >= 0.3 is 5.97 Å². The van der Waals surface area contributed by atoms with Crippen LogP contribution < -0.4 is 5.32 Å². The normalized spacial score (nSPS) is 10.0. The van der Waals surface area contributed by atoms with Gasteiger partial charge in [0.1, 0.15) is 6.54 Å². The van der Waals surface area contributed by atoms with E-state index in [0.717, 1.165) is 4.68 Å². The van der Waals surface area contributed by atoms with Gasteiger partial charge in [-0.1, -0.05) is 5.21 Å². The number of anilines is 1. The molecule has 0 spiro atoms. The van der Waals surface area contributed by atoms with Crippen molar-refractivity contribution in [3.05, 3.63) is 36.4 Å². The standard InChI is InChI=1S/C10H9N5O3/c16-9(17)6-15-5-8(13-14-15)10(18)12-7-2-1-3-11-4-7/h1-5H,6H2,(H,12,18)(H,16,17). The summed E-state index contributed by atoms with van der Waals surface area (Å²) in [5.41, 5.74) is 0.565. The van der Waals surface area contributed by atoms with Gasteiger partial charge in [0, 0.05) is 6.20 Å². The van der Waals surface area contributed by atoms with Gasteiger partial charge in [-0.15, -0.1) is 5.10 Å². The lowest BCUT2D eigenvalue weighted by Crippen LogP contribution is -2.12. The molecule has 0 unspecified atom stereocenters. The second kappa shape index (κ2) is 5.04. The number of amides is 1. The molecule has 0 aliphatic heterocycles. The molecule has 0 aromatic carbocycles. The minimum atomic E-state index is -1.06. The maximum Gasteiger partial charge on any atom is 0.325 e. The van der Waals surface area contributed by atoms with Crippen molar-refractivity contribution in [1.82, 2.24) is 20.0 Å². The molecule has 0 atom stereocenters. The molecule has 2 heterocycles. The highest BCUT2D eigenvalue weighted by Crippen LogP contribution is 2.05. The molecule has 0 bridgehead atoms. The first-order chi connectivity index (χ1) is 8.65. The third kappa shape index (κ3) is 2.88. The number of nitrogens with one attached hydrogen (secondary N) is 1. The molecule has 8 nitrogen and oxygen atoms in total. The van der Waals surface area contributed by atoms with E-state index in [4.69, 9.17) is 5.11 Å². The molecule has 0 radical (unpaired) electrons.